The molecule has 0 aliphatic heterocycles. The maximum Gasteiger partial charge on any atom is 0.0950 e. The fraction of sp³-hybridized carbons (Fsp3) is 0.286. The van der Waals surface area contributed by atoms with Crippen molar-refractivity contribution in [2.75, 3.05) is 0 Å². The molecule has 1 aromatic carbocycles. The summed E-state index contributed by atoms with van der Waals surface area (Å²) in [7, 11) is 0. The number of fused-ring (bicyclic) bond motifs is 1. The van der Waals surface area contributed by atoms with Crippen molar-refractivity contribution >= 4 is 11.3 Å². The fourth-order valence-electron chi connectivity index (χ4n) is 2.55. The van der Waals surface area contributed by atoms with Gasteiger partial charge in [0.05, 0.1) is 5.60 Å². The van der Waals surface area contributed by atoms with Gasteiger partial charge < -0.3 is 5.11 Å². The predicted molar refractivity (Wildman–Crippen MR) is 66.7 cm³/mol. The van der Waals surface area contributed by atoms with Crippen molar-refractivity contribution < 1.29 is 5.11 Å². The van der Waals surface area contributed by atoms with Gasteiger partial charge in [-0.15, -0.1) is 11.3 Å². The molecule has 2 aromatic rings. The first-order chi connectivity index (χ1) is 7.78. The number of rotatable bonds is 2. The van der Waals surface area contributed by atoms with Crippen LogP contribution in [0.2, 0.25) is 0 Å². The Morgan fingerprint density at radius 2 is 2.06 bits per heavy atom. The highest BCUT2D eigenvalue weighted by Gasteiger charge is 2.36. The lowest BCUT2D eigenvalue weighted by Crippen LogP contribution is -2.24. The lowest BCUT2D eigenvalue weighted by atomic mass is 9.92. The SMILES string of the molecule is OC1(Cc2cccs2)CCc2ccccc21. The molecule has 1 aliphatic carbocycles. The molecule has 82 valence electrons. The van der Waals surface area contributed by atoms with E-state index >= 15 is 0 Å². The van der Waals surface area contributed by atoms with Gasteiger partial charge >= 0.3 is 0 Å². The fourth-order valence-corrected chi connectivity index (χ4v) is 3.36. The minimum atomic E-state index is -0.637. The second-order valence-electron chi connectivity index (χ2n) is 4.44. The molecule has 3 rings (SSSR count). The van der Waals surface area contributed by atoms with Crippen molar-refractivity contribution in [3.8, 4) is 0 Å². The Bertz CT molecular complexity index is 489. The van der Waals surface area contributed by atoms with Gasteiger partial charge in [0.2, 0.25) is 0 Å². The predicted octanol–water partition coefficient (Wildman–Crippen LogP) is 3.12. The van der Waals surface area contributed by atoms with Crippen LogP contribution in [0.3, 0.4) is 0 Å². The van der Waals surface area contributed by atoms with Crippen LogP contribution in [-0.4, -0.2) is 5.11 Å². The summed E-state index contributed by atoms with van der Waals surface area (Å²) in [6, 6.07) is 12.4. The summed E-state index contributed by atoms with van der Waals surface area (Å²) >= 11 is 1.72. The van der Waals surface area contributed by atoms with Crippen LogP contribution < -0.4 is 0 Å². The quantitative estimate of drug-likeness (QED) is 0.840. The number of hydrogen-bond donors (Lipinski definition) is 1. The minimum Gasteiger partial charge on any atom is -0.385 e. The maximum atomic E-state index is 10.7. The Kier molecular flexibility index (Phi) is 2.34. The number of benzene rings is 1. The summed E-state index contributed by atoms with van der Waals surface area (Å²) in [5, 5.41) is 12.8. The van der Waals surface area contributed by atoms with E-state index < -0.39 is 5.60 Å². The van der Waals surface area contributed by atoms with Gasteiger partial charge in [0.15, 0.2) is 0 Å². The molecule has 0 saturated heterocycles. The van der Waals surface area contributed by atoms with Gasteiger partial charge in [0.1, 0.15) is 0 Å². The highest BCUT2D eigenvalue weighted by atomic mass is 32.1. The second-order valence-corrected chi connectivity index (χ2v) is 5.48. The van der Waals surface area contributed by atoms with Crippen LogP contribution in [0.4, 0.5) is 0 Å². The van der Waals surface area contributed by atoms with Gasteiger partial charge in [-0.25, -0.2) is 0 Å². The third-order valence-corrected chi connectivity index (χ3v) is 4.25. The smallest absolute Gasteiger partial charge is 0.0950 e. The molecule has 1 aliphatic rings. The van der Waals surface area contributed by atoms with E-state index in [4.69, 9.17) is 0 Å². The second kappa shape index (κ2) is 3.72. The number of hydrogen-bond acceptors (Lipinski definition) is 2. The van der Waals surface area contributed by atoms with E-state index in [1.165, 1.54) is 10.4 Å². The largest absolute Gasteiger partial charge is 0.385 e. The van der Waals surface area contributed by atoms with Gasteiger partial charge in [-0.3, -0.25) is 0 Å². The summed E-state index contributed by atoms with van der Waals surface area (Å²) in [6.45, 7) is 0. The molecule has 1 nitrogen and oxygen atoms in total. The molecule has 2 heteroatoms. The summed E-state index contributed by atoms with van der Waals surface area (Å²) < 4.78 is 0. The third-order valence-electron chi connectivity index (χ3n) is 3.37. The normalized spacial score (nSPS) is 23.3. The summed E-state index contributed by atoms with van der Waals surface area (Å²) in [4.78, 5) is 1.26. The van der Waals surface area contributed by atoms with Crippen molar-refractivity contribution in [3.05, 3.63) is 57.8 Å². The van der Waals surface area contributed by atoms with Crippen LogP contribution in [0.1, 0.15) is 22.4 Å². The van der Waals surface area contributed by atoms with E-state index in [0.29, 0.717) is 0 Å². The topological polar surface area (TPSA) is 20.2 Å². The van der Waals surface area contributed by atoms with Gasteiger partial charge in [-0.1, -0.05) is 30.3 Å². The molecule has 0 fully saturated rings. The van der Waals surface area contributed by atoms with Crippen LogP contribution in [0.5, 0.6) is 0 Å². The first kappa shape index (κ1) is 10.1. The molecule has 1 heterocycles. The van der Waals surface area contributed by atoms with Crippen molar-refractivity contribution in [2.45, 2.75) is 24.9 Å². The average Bonchev–Trinajstić information content (AvgIpc) is 2.89. The van der Waals surface area contributed by atoms with Crippen molar-refractivity contribution in [1.29, 1.82) is 0 Å². The molecular weight excluding hydrogens is 216 g/mol. The molecule has 1 atom stereocenters. The number of aryl methyl sites for hydroxylation is 1. The molecular formula is C14H14OS. The van der Waals surface area contributed by atoms with Crippen molar-refractivity contribution in [1.82, 2.24) is 0 Å². The molecule has 16 heavy (non-hydrogen) atoms. The monoisotopic (exact) mass is 230 g/mol. The average molecular weight is 230 g/mol. The van der Waals surface area contributed by atoms with Crippen LogP contribution in [-0.2, 0) is 18.4 Å². The maximum absolute atomic E-state index is 10.7. The molecule has 0 bridgehead atoms. The van der Waals surface area contributed by atoms with Gasteiger partial charge in [-0.05, 0) is 35.4 Å². The van der Waals surface area contributed by atoms with Gasteiger partial charge in [-0.2, -0.15) is 0 Å². The van der Waals surface area contributed by atoms with E-state index in [1.54, 1.807) is 11.3 Å². The van der Waals surface area contributed by atoms with E-state index in [-0.39, 0.29) is 0 Å². The Labute approximate surface area is 99.4 Å². The molecule has 0 amide bonds. The van der Waals surface area contributed by atoms with Crippen LogP contribution in [0.15, 0.2) is 41.8 Å². The molecule has 1 unspecified atom stereocenters. The first-order valence-corrected chi connectivity index (χ1v) is 6.49. The first-order valence-electron chi connectivity index (χ1n) is 5.61. The van der Waals surface area contributed by atoms with Crippen molar-refractivity contribution in [3.63, 3.8) is 0 Å². The zero-order valence-corrected chi connectivity index (χ0v) is 9.83. The van der Waals surface area contributed by atoms with Crippen LogP contribution in [0.25, 0.3) is 0 Å². The highest BCUT2D eigenvalue weighted by Crippen LogP contribution is 2.39. The van der Waals surface area contributed by atoms with E-state index in [9.17, 15) is 5.11 Å². The standard InChI is InChI=1S/C14H14OS/c15-14(10-12-5-3-9-16-12)8-7-11-4-1-2-6-13(11)14/h1-6,9,15H,7-8,10H2. The Hall–Kier alpha value is -1.12. The Balaban J connectivity index is 1.95. The molecule has 1 N–H and O–H groups in total. The van der Waals surface area contributed by atoms with Gasteiger partial charge in [0.25, 0.3) is 0 Å². The number of thiophene rings is 1. The lowest BCUT2D eigenvalue weighted by molar-refractivity contribution is 0.0398. The third kappa shape index (κ3) is 1.58. The zero-order valence-electron chi connectivity index (χ0n) is 9.02. The van der Waals surface area contributed by atoms with Crippen LogP contribution in [0, 0.1) is 0 Å². The van der Waals surface area contributed by atoms with Crippen LogP contribution >= 0.6 is 11.3 Å². The van der Waals surface area contributed by atoms with Crippen molar-refractivity contribution in [2.24, 2.45) is 0 Å². The Morgan fingerprint density at radius 3 is 2.88 bits per heavy atom. The van der Waals surface area contributed by atoms with E-state index in [0.717, 1.165) is 24.8 Å². The summed E-state index contributed by atoms with van der Waals surface area (Å²) in [6.07, 6.45) is 2.60. The molecule has 0 spiro atoms. The summed E-state index contributed by atoms with van der Waals surface area (Å²) in [5.74, 6) is 0. The van der Waals surface area contributed by atoms with Gasteiger partial charge in [0, 0.05) is 11.3 Å². The zero-order chi connectivity index (χ0) is 11.0. The number of aliphatic hydroxyl groups is 1. The Morgan fingerprint density at radius 1 is 1.19 bits per heavy atom. The molecule has 1 aromatic heterocycles. The molecule has 0 radical (unpaired) electrons. The lowest BCUT2D eigenvalue weighted by Gasteiger charge is -2.23. The van der Waals surface area contributed by atoms with E-state index in [1.807, 2.05) is 12.1 Å². The minimum absolute atomic E-state index is 0.637. The summed E-state index contributed by atoms with van der Waals surface area (Å²) in [5.41, 5.74) is 1.80. The molecule has 0 saturated carbocycles. The highest BCUT2D eigenvalue weighted by molar-refractivity contribution is 7.09. The van der Waals surface area contributed by atoms with E-state index in [2.05, 4.69) is 29.6 Å².